The number of urea groups is 1. The van der Waals surface area contributed by atoms with Crippen LogP contribution >= 0.6 is 11.6 Å². The van der Waals surface area contributed by atoms with Crippen molar-refractivity contribution in [3.05, 3.63) is 62.7 Å². The first-order chi connectivity index (χ1) is 16.0. The number of hydrogen-bond donors (Lipinski definition) is 1. The number of hydrogen-bond acceptors (Lipinski definition) is 7. The van der Waals surface area contributed by atoms with E-state index in [9.17, 15) is 32.9 Å². The second-order valence-corrected chi connectivity index (χ2v) is 6.65. The number of carbonyl (C=O) groups excluding carboxylic acids is 2. The SMILES string of the molecule is CCOC(=O)COC(=NC(=O)NC)c1cc(Oc2ccc(C(F)(F)F)cc2Cl)ccc1[N+](=O)[O-]. The highest BCUT2D eigenvalue weighted by atomic mass is 35.5. The van der Waals surface area contributed by atoms with Gasteiger partial charge >= 0.3 is 18.2 Å². The molecule has 2 rings (SSSR count). The summed E-state index contributed by atoms with van der Waals surface area (Å²) in [5, 5.41) is 13.3. The molecule has 0 saturated carbocycles. The third-order valence-corrected chi connectivity index (χ3v) is 4.23. The molecule has 0 atom stereocenters. The number of carbonyl (C=O) groups is 2. The number of nitro benzene ring substituents is 1. The predicted molar refractivity (Wildman–Crippen MR) is 113 cm³/mol. The van der Waals surface area contributed by atoms with Crippen LogP contribution in [0.3, 0.4) is 0 Å². The summed E-state index contributed by atoms with van der Waals surface area (Å²) in [4.78, 5) is 37.7. The summed E-state index contributed by atoms with van der Waals surface area (Å²) in [6.45, 7) is 0.883. The molecule has 0 heterocycles. The molecular weight excluding hydrogens is 487 g/mol. The highest BCUT2D eigenvalue weighted by Crippen LogP contribution is 2.37. The topological polar surface area (TPSA) is 129 Å². The fourth-order valence-electron chi connectivity index (χ4n) is 2.44. The zero-order chi connectivity index (χ0) is 25.5. The molecule has 0 fully saturated rings. The van der Waals surface area contributed by atoms with Gasteiger partial charge in [-0.2, -0.15) is 18.2 Å². The molecule has 0 aliphatic carbocycles. The van der Waals surface area contributed by atoms with Crippen LogP contribution in [0, 0.1) is 10.1 Å². The van der Waals surface area contributed by atoms with Crippen LogP contribution in [0.25, 0.3) is 0 Å². The summed E-state index contributed by atoms with van der Waals surface area (Å²) in [6.07, 6.45) is -4.62. The number of alkyl halides is 3. The fraction of sp³-hybridized carbons (Fsp3) is 0.250. The molecule has 0 aromatic heterocycles. The van der Waals surface area contributed by atoms with E-state index in [0.29, 0.717) is 6.07 Å². The molecule has 0 spiro atoms. The monoisotopic (exact) mass is 503 g/mol. The van der Waals surface area contributed by atoms with Crippen LogP contribution in [0.1, 0.15) is 18.1 Å². The number of nitrogens with one attached hydrogen (secondary N) is 1. The second kappa shape index (κ2) is 11.3. The standard InChI is InChI=1S/C20H17ClF3N3O7/c1-3-32-17(28)10-33-18(26-19(29)25-2)13-9-12(5-6-15(13)27(30)31)34-16-7-4-11(8-14(16)21)20(22,23)24/h4-9H,3,10H2,1-2H3,(H,25,29). The van der Waals surface area contributed by atoms with Crippen LogP contribution in [-0.2, 0) is 20.4 Å². The van der Waals surface area contributed by atoms with Crippen molar-refractivity contribution in [2.24, 2.45) is 4.99 Å². The maximum absolute atomic E-state index is 12.8. The maximum Gasteiger partial charge on any atom is 0.416 e. The fourth-order valence-corrected chi connectivity index (χ4v) is 2.66. The Labute approximate surface area is 195 Å². The Morgan fingerprint density at radius 2 is 1.88 bits per heavy atom. The van der Waals surface area contributed by atoms with Crippen molar-refractivity contribution in [1.82, 2.24) is 5.32 Å². The van der Waals surface area contributed by atoms with E-state index < -0.39 is 46.9 Å². The van der Waals surface area contributed by atoms with Crippen LogP contribution in [0.2, 0.25) is 5.02 Å². The van der Waals surface area contributed by atoms with E-state index in [2.05, 4.69) is 10.3 Å². The molecule has 2 aromatic carbocycles. The molecule has 0 radical (unpaired) electrons. The lowest BCUT2D eigenvalue weighted by Crippen LogP contribution is -2.22. The van der Waals surface area contributed by atoms with Crippen LogP contribution in [-0.4, -0.2) is 43.1 Å². The molecule has 182 valence electrons. The molecule has 0 bridgehead atoms. The lowest BCUT2D eigenvalue weighted by molar-refractivity contribution is -0.385. The van der Waals surface area contributed by atoms with Crippen LogP contribution in [0.5, 0.6) is 11.5 Å². The van der Waals surface area contributed by atoms with Gasteiger partial charge in [-0.25, -0.2) is 9.59 Å². The van der Waals surface area contributed by atoms with Gasteiger partial charge < -0.3 is 19.5 Å². The van der Waals surface area contributed by atoms with Gasteiger partial charge in [0.2, 0.25) is 5.90 Å². The molecule has 0 aliphatic heterocycles. The minimum absolute atomic E-state index is 0.0431. The molecule has 0 unspecified atom stereocenters. The average molecular weight is 504 g/mol. The van der Waals surface area contributed by atoms with Crippen molar-refractivity contribution in [1.29, 1.82) is 0 Å². The van der Waals surface area contributed by atoms with Gasteiger partial charge in [-0.05, 0) is 31.2 Å². The predicted octanol–water partition coefficient (Wildman–Crippen LogP) is 4.73. The summed E-state index contributed by atoms with van der Waals surface area (Å²) >= 11 is 5.89. The minimum Gasteiger partial charge on any atom is -0.465 e. The van der Waals surface area contributed by atoms with E-state index in [1.807, 2.05) is 0 Å². The molecule has 2 aromatic rings. The highest BCUT2D eigenvalue weighted by molar-refractivity contribution is 6.32. The summed E-state index contributed by atoms with van der Waals surface area (Å²) in [7, 11) is 1.25. The van der Waals surface area contributed by atoms with E-state index in [1.165, 1.54) is 7.05 Å². The van der Waals surface area contributed by atoms with Gasteiger partial charge in [0.1, 0.15) is 17.1 Å². The van der Waals surface area contributed by atoms with Crippen LogP contribution in [0.4, 0.5) is 23.7 Å². The van der Waals surface area contributed by atoms with Gasteiger partial charge in [-0.1, -0.05) is 11.6 Å². The molecule has 34 heavy (non-hydrogen) atoms. The van der Waals surface area contributed by atoms with Crippen molar-refractivity contribution in [2.45, 2.75) is 13.1 Å². The summed E-state index contributed by atoms with van der Waals surface area (Å²) in [5.41, 5.74) is -1.91. The van der Waals surface area contributed by atoms with Crippen molar-refractivity contribution >= 4 is 35.2 Å². The number of benzene rings is 2. The van der Waals surface area contributed by atoms with E-state index in [0.717, 1.165) is 30.3 Å². The zero-order valence-corrected chi connectivity index (χ0v) is 18.4. The molecule has 2 amide bonds. The Morgan fingerprint density at radius 3 is 2.44 bits per heavy atom. The number of esters is 1. The number of nitro groups is 1. The van der Waals surface area contributed by atoms with E-state index in [-0.39, 0.29) is 28.7 Å². The van der Waals surface area contributed by atoms with E-state index >= 15 is 0 Å². The minimum atomic E-state index is -4.62. The molecule has 0 aliphatic rings. The first kappa shape index (κ1) is 26.4. The Balaban J connectivity index is 2.47. The third kappa shape index (κ3) is 7.07. The molecular formula is C20H17ClF3N3O7. The van der Waals surface area contributed by atoms with Gasteiger partial charge in [-0.15, -0.1) is 0 Å². The van der Waals surface area contributed by atoms with E-state index in [1.54, 1.807) is 6.92 Å². The number of rotatable bonds is 7. The Morgan fingerprint density at radius 1 is 1.18 bits per heavy atom. The second-order valence-electron chi connectivity index (χ2n) is 6.25. The first-order valence-corrected chi connectivity index (χ1v) is 9.76. The molecule has 1 N–H and O–H groups in total. The Kier molecular flexibility index (Phi) is 8.78. The zero-order valence-electron chi connectivity index (χ0n) is 17.6. The normalized spacial score (nSPS) is 11.5. The number of amides is 2. The molecule has 14 heteroatoms. The summed E-state index contributed by atoms with van der Waals surface area (Å²) in [5.74, 6) is -1.69. The highest BCUT2D eigenvalue weighted by Gasteiger charge is 2.31. The van der Waals surface area contributed by atoms with Crippen molar-refractivity contribution < 1.29 is 41.9 Å². The van der Waals surface area contributed by atoms with E-state index in [4.69, 9.17) is 25.8 Å². The van der Waals surface area contributed by atoms with Gasteiger partial charge in [-0.3, -0.25) is 10.1 Å². The van der Waals surface area contributed by atoms with Crippen molar-refractivity contribution in [3.63, 3.8) is 0 Å². The summed E-state index contributed by atoms with van der Waals surface area (Å²) in [6, 6.07) is 4.64. The van der Waals surface area contributed by atoms with Gasteiger partial charge in [0, 0.05) is 19.2 Å². The first-order valence-electron chi connectivity index (χ1n) is 9.38. The lowest BCUT2D eigenvalue weighted by Gasteiger charge is -2.13. The summed E-state index contributed by atoms with van der Waals surface area (Å²) < 4.78 is 53.9. The van der Waals surface area contributed by atoms with Crippen molar-refractivity contribution in [3.8, 4) is 11.5 Å². The van der Waals surface area contributed by atoms with Crippen LogP contribution in [0.15, 0.2) is 41.4 Å². The molecule has 10 nitrogen and oxygen atoms in total. The molecule has 0 saturated heterocycles. The largest absolute Gasteiger partial charge is 0.465 e. The lowest BCUT2D eigenvalue weighted by atomic mass is 10.1. The maximum atomic E-state index is 12.8. The van der Waals surface area contributed by atoms with Gasteiger partial charge in [0.05, 0.1) is 22.1 Å². The van der Waals surface area contributed by atoms with Gasteiger partial charge in [0.15, 0.2) is 6.61 Å². The van der Waals surface area contributed by atoms with Crippen molar-refractivity contribution in [2.75, 3.05) is 20.3 Å². The Bertz CT molecular complexity index is 1120. The number of nitrogens with zero attached hydrogens (tertiary/aromatic N) is 2. The van der Waals surface area contributed by atoms with Gasteiger partial charge in [0.25, 0.3) is 5.69 Å². The number of ether oxygens (including phenoxy) is 3. The number of halogens is 4. The third-order valence-electron chi connectivity index (χ3n) is 3.93. The Hall–Kier alpha value is -3.87. The average Bonchev–Trinajstić information content (AvgIpc) is 2.77. The smallest absolute Gasteiger partial charge is 0.416 e. The quantitative estimate of drug-likeness (QED) is 0.190. The number of aliphatic imine (C=N–C) groups is 1. The van der Waals surface area contributed by atoms with Crippen LogP contribution < -0.4 is 10.1 Å².